The minimum absolute atomic E-state index is 0.312. The average molecular weight is 176 g/mol. The van der Waals surface area contributed by atoms with Gasteiger partial charge in [-0.05, 0) is 49.3 Å². The lowest BCUT2D eigenvalue weighted by molar-refractivity contribution is 0.197. The van der Waals surface area contributed by atoms with Crippen LogP contribution in [0.2, 0.25) is 0 Å². The van der Waals surface area contributed by atoms with E-state index in [1.54, 1.807) is 0 Å². The van der Waals surface area contributed by atoms with E-state index in [1.807, 2.05) is 6.92 Å². The highest BCUT2D eigenvalue weighted by Crippen LogP contribution is 2.27. The van der Waals surface area contributed by atoms with E-state index in [-0.39, 0.29) is 6.10 Å². The number of benzene rings is 1. The van der Waals surface area contributed by atoms with Crippen molar-refractivity contribution in [1.29, 1.82) is 0 Å². The molecule has 0 bridgehead atoms. The Morgan fingerprint density at radius 2 is 2.00 bits per heavy atom. The monoisotopic (exact) mass is 176 g/mol. The molecule has 0 spiro atoms. The maximum atomic E-state index is 9.58. The fourth-order valence-corrected chi connectivity index (χ4v) is 2.20. The standard InChI is InChI=1S/C12H16O/c1-9(13)11-8-4-6-10-5-2-3-7-12(10)11/h4,6,8-9,13H,2-3,5,7H2,1H3/t9-/m1/s1. The highest BCUT2D eigenvalue weighted by Gasteiger charge is 2.14. The normalized spacial score (nSPS) is 18.0. The number of aliphatic hydroxyl groups excluding tert-OH is 1. The molecule has 2 rings (SSSR count). The van der Waals surface area contributed by atoms with Crippen molar-refractivity contribution >= 4 is 0 Å². The summed E-state index contributed by atoms with van der Waals surface area (Å²) in [4.78, 5) is 0. The van der Waals surface area contributed by atoms with E-state index in [0.29, 0.717) is 0 Å². The van der Waals surface area contributed by atoms with Crippen LogP contribution in [0.5, 0.6) is 0 Å². The van der Waals surface area contributed by atoms with Gasteiger partial charge in [0.25, 0.3) is 0 Å². The number of hydrogen-bond donors (Lipinski definition) is 1. The van der Waals surface area contributed by atoms with Crippen molar-refractivity contribution in [3.8, 4) is 0 Å². The Labute approximate surface area is 79.4 Å². The molecule has 13 heavy (non-hydrogen) atoms. The Kier molecular flexibility index (Phi) is 2.36. The zero-order valence-electron chi connectivity index (χ0n) is 8.09. The molecule has 1 atom stereocenters. The Morgan fingerprint density at radius 1 is 1.23 bits per heavy atom. The summed E-state index contributed by atoms with van der Waals surface area (Å²) in [7, 11) is 0. The first-order valence-corrected chi connectivity index (χ1v) is 5.08. The van der Waals surface area contributed by atoms with Gasteiger partial charge in [-0.1, -0.05) is 18.2 Å². The molecule has 0 aromatic heterocycles. The third-order valence-corrected chi connectivity index (χ3v) is 2.88. The molecule has 0 unspecified atom stereocenters. The third-order valence-electron chi connectivity index (χ3n) is 2.88. The van der Waals surface area contributed by atoms with Gasteiger partial charge in [0.2, 0.25) is 0 Å². The first kappa shape index (κ1) is 8.76. The summed E-state index contributed by atoms with van der Waals surface area (Å²) in [5, 5.41) is 9.58. The quantitative estimate of drug-likeness (QED) is 0.697. The van der Waals surface area contributed by atoms with E-state index < -0.39 is 0 Å². The van der Waals surface area contributed by atoms with E-state index in [4.69, 9.17) is 0 Å². The second-order valence-corrected chi connectivity index (χ2v) is 3.87. The molecule has 0 radical (unpaired) electrons. The lowest BCUT2D eigenvalue weighted by Gasteiger charge is -2.20. The smallest absolute Gasteiger partial charge is 0.0764 e. The molecule has 70 valence electrons. The van der Waals surface area contributed by atoms with Gasteiger partial charge in [-0.25, -0.2) is 0 Å². The fraction of sp³-hybridized carbons (Fsp3) is 0.500. The highest BCUT2D eigenvalue weighted by atomic mass is 16.3. The van der Waals surface area contributed by atoms with Gasteiger partial charge in [-0.3, -0.25) is 0 Å². The van der Waals surface area contributed by atoms with Gasteiger partial charge in [0, 0.05) is 0 Å². The maximum absolute atomic E-state index is 9.58. The molecule has 0 saturated carbocycles. The van der Waals surface area contributed by atoms with Crippen LogP contribution >= 0.6 is 0 Å². The van der Waals surface area contributed by atoms with E-state index in [2.05, 4.69) is 18.2 Å². The van der Waals surface area contributed by atoms with Crippen molar-refractivity contribution in [2.75, 3.05) is 0 Å². The molecule has 0 heterocycles. The van der Waals surface area contributed by atoms with Crippen molar-refractivity contribution in [2.24, 2.45) is 0 Å². The zero-order valence-corrected chi connectivity index (χ0v) is 8.09. The molecule has 1 heteroatoms. The van der Waals surface area contributed by atoms with Gasteiger partial charge in [-0.15, -0.1) is 0 Å². The summed E-state index contributed by atoms with van der Waals surface area (Å²) in [6, 6.07) is 6.31. The molecule has 1 N–H and O–H groups in total. The predicted molar refractivity (Wildman–Crippen MR) is 53.7 cm³/mol. The third kappa shape index (κ3) is 1.61. The first-order valence-electron chi connectivity index (χ1n) is 5.08. The number of fused-ring (bicyclic) bond motifs is 1. The van der Waals surface area contributed by atoms with Gasteiger partial charge < -0.3 is 5.11 Å². The molecule has 0 saturated heterocycles. The van der Waals surface area contributed by atoms with Crippen LogP contribution in [0.15, 0.2) is 18.2 Å². The molecule has 0 fully saturated rings. The Hall–Kier alpha value is -0.820. The molecule has 1 aliphatic carbocycles. The number of aliphatic hydroxyl groups is 1. The van der Waals surface area contributed by atoms with Crippen molar-refractivity contribution in [3.63, 3.8) is 0 Å². The molecule has 1 aromatic carbocycles. The molecule has 0 aliphatic heterocycles. The van der Waals surface area contributed by atoms with Crippen LogP contribution in [0.3, 0.4) is 0 Å². The lowest BCUT2D eigenvalue weighted by Crippen LogP contribution is -2.07. The molecule has 0 amide bonds. The largest absolute Gasteiger partial charge is 0.389 e. The SMILES string of the molecule is C[C@@H](O)c1cccc2c1CCCC2. The van der Waals surface area contributed by atoms with Gasteiger partial charge in [0.05, 0.1) is 6.10 Å². The van der Waals surface area contributed by atoms with Crippen molar-refractivity contribution < 1.29 is 5.11 Å². The van der Waals surface area contributed by atoms with Crippen LogP contribution in [0.25, 0.3) is 0 Å². The number of rotatable bonds is 1. The molecule has 1 aliphatic rings. The zero-order chi connectivity index (χ0) is 9.26. The molecular formula is C12H16O. The van der Waals surface area contributed by atoms with E-state index in [0.717, 1.165) is 12.0 Å². The summed E-state index contributed by atoms with van der Waals surface area (Å²) in [5.74, 6) is 0. The van der Waals surface area contributed by atoms with Crippen LogP contribution in [0.4, 0.5) is 0 Å². The van der Waals surface area contributed by atoms with Gasteiger partial charge in [0.15, 0.2) is 0 Å². The molecular weight excluding hydrogens is 160 g/mol. The topological polar surface area (TPSA) is 20.2 Å². The summed E-state index contributed by atoms with van der Waals surface area (Å²) < 4.78 is 0. The first-order chi connectivity index (χ1) is 6.29. The van der Waals surface area contributed by atoms with Crippen LogP contribution in [-0.4, -0.2) is 5.11 Å². The van der Waals surface area contributed by atoms with Gasteiger partial charge in [0.1, 0.15) is 0 Å². The van der Waals surface area contributed by atoms with Crippen molar-refractivity contribution in [1.82, 2.24) is 0 Å². The summed E-state index contributed by atoms with van der Waals surface area (Å²) in [6.07, 6.45) is 4.60. The van der Waals surface area contributed by atoms with Crippen LogP contribution in [0, 0.1) is 0 Å². The van der Waals surface area contributed by atoms with Crippen LogP contribution in [0.1, 0.15) is 42.6 Å². The summed E-state index contributed by atoms with van der Waals surface area (Å²) in [5.41, 5.74) is 3.99. The van der Waals surface area contributed by atoms with Gasteiger partial charge >= 0.3 is 0 Å². The minimum Gasteiger partial charge on any atom is -0.389 e. The van der Waals surface area contributed by atoms with Crippen molar-refractivity contribution in [3.05, 3.63) is 34.9 Å². The highest BCUT2D eigenvalue weighted by molar-refractivity contribution is 5.37. The number of aryl methyl sites for hydroxylation is 1. The second-order valence-electron chi connectivity index (χ2n) is 3.87. The average Bonchev–Trinajstić information content (AvgIpc) is 2.17. The summed E-state index contributed by atoms with van der Waals surface area (Å²) in [6.45, 7) is 1.85. The number of hydrogen-bond acceptors (Lipinski definition) is 1. The van der Waals surface area contributed by atoms with Crippen LogP contribution < -0.4 is 0 Å². The van der Waals surface area contributed by atoms with E-state index >= 15 is 0 Å². The lowest BCUT2D eigenvalue weighted by atomic mass is 9.87. The molecule has 1 nitrogen and oxygen atoms in total. The fourth-order valence-electron chi connectivity index (χ4n) is 2.20. The Bertz CT molecular complexity index is 302. The van der Waals surface area contributed by atoms with E-state index in [9.17, 15) is 5.11 Å². The summed E-state index contributed by atoms with van der Waals surface area (Å²) >= 11 is 0. The maximum Gasteiger partial charge on any atom is 0.0764 e. The molecule has 1 aromatic rings. The van der Waals surface area contributed by atoms with E-state index in [1.165, 1.54) is 30.4 Å². The Balaban J connectivity index is 2.46. The van der Waals surface area contributed by atoms with Crippen molar-refractivity contribution in [2.45, 2.75) is 38.7 Å². The second kappa shape index (κ2) is 3.51. The predicted octanol–water partition coefficient (Wildman–Crippen LogP) is 2.62. The van der Waals surface area contributed by atoms with Gasteiger partial charge in [-0.2, -0.15) is 0 Å². The van der Waals surface area contributed by atoms with Crippen LogP contribution in [-0.2, 0) is 12.8 Å². The minimum atomic E-state index is -0.312. The Morgan fingerprint density at radius 3 is 2.77 bits per heavy atom.